The first-order chi connectivity index (χ1) is 10.6. The molecule has 0 atom stereocenters. The number of anilines is 1. The molecule has 22 heavy (non-hydrogen) atoms. The standard InChI is InChI=1S/C14H20N4O3S/c1-10-13(11(2)21-17-10)8-22-9-14(19)16-12-6-15-18(7-12)4-5-20-3/h6-7H,4-5,8-9H2,1-3H3,(H,16,19). The van der Waals surface area contributed by atoms with Crippen molar-refractivity contribution in [3.05, 3.63) is 29.4 Å². The molecule has 0 saturated carbocycles. The molecule has 0 fully saturated rings. The van der Waals surface area contributed by atoms with Gasteiger partial charge in [-0.15, -0.1) is 11.8 Å². The average molecular weight is 324 g/mol. The maximum Gasteiger partial charge on any atom is 0.234 e. The van der Waals surface area contributed by atoms with Crippen molar-refractivity contribution in [2.24, 2.45) is 0 Å². The van der Waals surface area contributed by atoms with Crippen LogP contribution in [-0.4, -0.2) is 40.3 Å². The Morgan fingerprint density at radius 2 is 2.32 bits per heavy atom. The van der Waals surface area contributed by atoms with Crippen LogP contribution in [0.4, 0.5) is 5.69 Å². The second-order valence-electron chi connectivity index (χ2n) is 4.83. The number of amides is 1. The molecular weight excluding hydrogens is 304 g/mol. The number of hydrogen-bond donors (Lipinski definition) is 1. The average Bonchev–Trinajstić information content (AvgIpc) is 3.06. The van der Waals surface area contributed by atoms with Crippen LogP contribution in [0, 0.1) is 13.8 Å². The van der Waals surface area contributed by atoms with Crippen molar-refractivity contribution in [1.29, 1.82) is 0 Å². The van der Waals surface area contributed by atoms with Gasteiger partial charge in [0.2, 0.25) is 5.91 Å². The highest BCUT2D eigenvalue weighted by Gasteiger charge is 2.10. The number of carbonyl (C=O) groups is 1. The highest BCUT2D eigenvalue weighted by molar-refractivity contribution is 7.99. The fourth-order valence-corrected chi connectivity index (χ4v) is 2.86. The van der Waals surface area contributed by atoms with E-state index in [0.717, 1.165) is 17.0 Å². The van der Waals surface area contributed by atoms with Crippen LogP contribution >= 0.6 is 11.8 Å². The topological polar surface area (TPSA) is 82.2 Å². The zero-order chi connectivity index (χ0) is 15.9. The first-order valence-corrected chi connectivity index (χ1v) is 8.06. The summed E-state index contributed by atoms with van der Waals surface area (Å²) in [6.07, 6.45) is 3.42. The summed E-state index contributed by atoms with van der Waals surface area (Å²) in [6.45, 7) is 5.03. The normalized spacial score (nSPS) is 10.9. The van der Waals surface area contributed by atoms with Gasteiger partial charge in [-0.05, 0) is 13.8 Å². The van der Waals surface area contributed by atoms with Gasteiger partial charge in [-0.1, -0.05) is 5.16 Å². The van der Waals surface area contributed by atoms with Gasteiger partial charge in [0.1, 0.15) is 5.76 Å². The summed E-state index contributed by atoms with van der Waals surface area (Å²) < 4.78 is 11.8. The number of aromatic nitrogens is 3. The summed E-state index contributed by atoms with van der Waals surface area (Å²) in [7, 11) is 1.64. The van der Waals surface area contributed by atoms with E-state index in [9.17, 15) is 4.79 Å². The Kier molecular flexibility index (Phi) is 6.02. The Balaban J connectivity index is 1.75. The second-order valence-corrected chi connectivity index (χ2v) is 5.81. The fraction of sp³-hybridized carbons (Fsp3) is 0.500. The van der Waals surface area contributed by atoms with Crippen LogP contribution in [0.25, 0.3) is 0 Å². The van der Waals surface area contributed by atoms with Gasteiger partial charge in [0.25, 0.3) is 0 Å². The van der Waals surface area contributed by atoms with Crippen LogP contribution in [0.3, 0.4) is 0 Å². The number of methoxy groups -OCH3 is 1. The first kappa shape index (κ1) is 16.6. The summed E-state index contributed by atoms with van der Waals surface area (Å²) in [5, 5.41) is 10.9. The molecular formula is C14H20N4O3S. The van der Waals surface area contributed by atoms with Gasteiger partial charge in [-0.2, -0.15) is 5.10 Å². The Bertz CT molecular complexity index is 604. The zero-order valence-corrected chi connectivity index (χ0v) is 13.8. The third kappa shape index (κ3) is 4.60. The molecule has 0 aromatic carbocycles. The number of thioether (sulfide) groups is 1. The van der Waals surface area contributed by atoms with Gasteiger partial charge in [0.15, 0.2) is 0 Å². The van der Waals surface area contributed by atoms with Gasteiger partial charge >= 0.3 is 0 Å². The molecule has 0 aliphatic heterocycles. The Morgan fingerprint density at radius 3 is 3.00 bits per heavy atom. The van der Waals surface area contributed by atoms with Crippen LogP contribution in [0.15, 0.2) is 16.9 Å². The quantitative estimate of drug-likeness (QED) is 0.800. The molecule has 2 aromatic rings. The van der Waals surface area contributed by atoms with Gasteiger partial charge in [0, 0.05) is 24.6 Å². The largest absolute Gasteiger partial charge is 0.383 e. The van der Waals surface area contributed by atoms with Crippen LogP contribution in [-0.2, 0) is 21.8 Å². The van der Waals surface area contributed by atoms with Crippen molar-refractivity contribution in [2.75, 3.05) is 24.8 Å². The maximum atomic E-state index is 11.9. The molecule has 1 N–H and O–H groups in total. The summed E-state index contributed by atoms with van der Waals surface area (Å²) in [5.41, 5.74) is 2.63. The highest BCUT2D eigenvalue weighted by Crippen LogP contribution is 2.19. The molecule has 2 rings (SSSR count). The number of rotatable bonds is 8. The maximum absolute atomic E-state index is 11.9. The van der Waals surface area contributed by atoms with E-state index in [1.54, 1.807) is 24.2 Å². The van der Waals surface area contributed by atoms with Gasteiger partial charge in [-0.25, -0.2) is 0 Å². The van der Waals surface area contributed by atoms with Gasteiger partial charge in [-0.3, -0.25) is 9.48 Å². The fourth-order valence-electron chi connectivity index (χ4n) is 1.89. The van der Waals surface area contributed by atoms with Crippen molar-refractivity contribution in [3.63, 3.8) is 0 Å². The van der Waals surface area contributed by atoms with Crippen molar-refractivity contribution in [2.45, 2.75) is 26.1 Å². The second kappa shape index (κ2) is 8.00. The van der Waals surface area contributed by atoms with Crippen molar-refractivity contribution >= 4 is 23.4 Å². The Hall–Kier alpha value is -1.80. The molecule has 0 spiro atoms. The molecule has 1 amide bonds. The Labute approximate surface area is 133 Å². The van der Waals surface area contributed by atoms with E-state index < -0.39 is 0 Å². The molecule has 0 unspecified atom stereocenters. The van der Waals surface area contributed by atoms with Gasteiger partial charge < -0.3 is 14.6 Å². The van der Waals surface area contributed by atoms with Crippen molar-refractivity contribution in [3.8, 4) is 0 Å². The lowest BCUT2D eigenvalue weighted by atomic mass is 10.2. The number of nitrogens with zero attached hydrogens (tertiary/aromatic N) is 3. The van der Waals surface area contributed by atoms with Crippen LogP contribution in [0.5, 0.6) is 0 Å². The number of ether oxygens (including phenoxy) is 1. The SMILES string of the molecule is COCCn1cc(NC(=O)CSCc2c(C)noc2C)cn1. The lowest BCUT2D eigenvalue weighted by molar-refractivity contribution is -0.113. The monoisotopic (exact) mass is 324 g/mol. The molecule has 2 heterocycles. The molecule has 2 aromatic heterocycles. The minimum absolute atomic E-state index is 0.0527. The summed E-state index contributed by atoms with van der Waals surface area (Å²) in [4.78, 5) is 11.9. The minimum atomic E-state index is -0.0527. The molecule has 0 saturated heterocycles. The lowest BCUT2D eigenvalue weighted by Gasteiger charge is -2.03. The van der Waals surface area contributed by atoms with E-state index in [2.05, 4.69) is 15.6 Å². The molecule has 7 nitrogen and oxygen atoms in total. The molecule has 0 aliphatic rings. The van der Waals surface area contributed by atoms with E-state index in [-0.39, 0.29) is 5.91 Å². The number of nitrogens with one attached hydrogen (secondary N) is 1. The third-order valence-corrected chi connectivity index (χ3v) is 4.06. The van der Waals surface area contributed by atoms with Gasteiger partial charge in [0.05, 0.1) is 36.5 Å². The third-order valence-electron chi connectivity index (χ3n) is 3.10. The Morgan fingerprint density at radius 1 is 1.50 bits per heavy atom. The molecule has 0 radical (unpaired) electrons. The summed E-state index contributed by atoms with van der Waals surface area (Å²) in [5.74, 6) is 1.84. The van der Waals surface area contributed by atoms with Crippen LogP contribution in [0.2, 0.25) is 0 Å². The molecule has 8 heteroatoms. The van der Waals surface area contributed by atoms with Crippen molar-refractivity contribution < 1.29 is 14.1 Å². The number of carbonyl (C=O) groups excluding carboxylic acids is 1. The van der Waals surface area contributed by atoms with E-state index >= 15 is 0 Å². The first-order valence-electron chi connectivity index (χ1n) is 6.91. The smallest absolute Gasteiger partial charge is 0.234 e. The number of aryl methyl sites for hydroxylation is 2. The van der Waals surface area contributed by atoms with Crippen molar-refractivity contribution in [1.82, 2.24) is 14.9 Å². The minimum Gasteiger partial charge on any atom is -0.383 e. The highest BCUT2D eigenvalue weighted by atomic mass is 32.2. The molecule has 120 valence electrons. The zero-order valence-electron chi connectivity index (χ0n) is 13.0. The molecule has 0 bridgehead atoms. The predicted octanol–water partition coefficient (Wildman–Crippen LogP) is 2.01. The van der Waals surface area contributed by atoms with E-state index in [1.165, 1.54) is 11.8 Å². The molecule has 0 aliphatic carbocycles. The lowest BCUT2D eigenvalue weighted by Crippen LogP contribution is -2.14. The van der Waals surface area contributed by atoms with E-state index in [0.29, 0.717) is 30.3 Å². The van der Waals surface area contributed by atoms with E-state index in [4.69, 9.17) is 9.26 Å². The predicted molar refractivity (Wildman–Crippen MR) is 84.9 cm³/mol. The van der Waals surface area contributed by atoms with Crippen LogP contribution in [0.1, 0.15) is 17.0 Å². The number of hydrogen-bond acceptors (Lipinski definition) is 6. The van der Waals surface area contributed by atoms with Crippen LogP contribution < -0.4 is 5.32 Å². The summed E-state index contributed by atoms with van der Waals surface area (Å²) >= 11 is 1.53. The summed E-state index contributed by atoms with van der Waals surface area (Å²) in [6, 6.07) is 0. The van der Waals surface area contributed by atoms with E-state index in [1.807, 2.05) is 13.8 Å².